The molecule has 1 rings (SSSR count). The standard InChI is InChI=1S/C12H16O2.4C2H4O2/c1-2-12(13)8-9-14-10-11-6-4-3-5-7-11;4*1-2(3)4/h3-7H,2,8-10H2,1H3;4*1H3,(H,3,4). The van der Waals surface area contributed by atoms with Gasteiger partial charge in [-0.05, 0) is 5.56 Å². The Kier molecular flexibility index (Phi) is 29.4. The van der Waals surface area contributed by atoms with Crippen LogP contribution in [0, 0.1) is 0 Å². The highest BCUT2D eigenvalue weighted by atomic mass is 16.5. The van der Waals surface area contributed by atoms with E-state index in [2.05, 4.69) is 0 Å². The number of ether oxygens (including phenoxy) is 1. The summed E-state index contributed by atoms with van der Waals surface area (Å²) in [6.45, 7) is 7.33. The molecule has 1 aromatic carbocycles. The molecule has 0 aliphatic carbocycles. The topological polar surface area (TPSA) is 175 Å². The summed E-state index contributed by atoms with van der Waals surface area (Å²) in [5, 5.41) is 29.7. The van der Waals surface area contributed by atoms with E-state index in [1.807, 2.05) is 37.3 Å². The smallest absolute Gasteiger partial charge is 0.300 e. The number of hydrogen-bond acceptors (Lipinski definition) is 6. The lowest BCUT2D eigenvalue weighted by atomic mass is 10.2. The fourth-order valence-corrected chi connectivity index (χ4v) is 1.13. The van der Waals surface area contributed by atoms with Crippen LogP contribution >= 0.6 is 0 Å². The highest BCUT2D eigenvalue weighted by Crippen LogP contribution is 2.01. The van der Waals surface area contributed by atoms with Gasteiger partial charge in [0.05, 0.1) is 13.2 Å². The molecule has 4 N–H and O–H groups in total. The van der Waals surface area contributed by atoms with Gasteiger partial charge in [0.15, 0.2) is 0 Å². The summed E-state index contributed by atoms with van der Waals surface area (Å²) in [6, 6.07) is 9.97. The van der Waals surface area contributed by atoms with Crippen molar-refractivity contribution in [3.63, 3.8) is 0 Å². The maximum absolute atomic E-state index is 10.9. The lowest BCUT2D eigenvalue weighted by molar-refractivity contribution is -0.135. The first-order chi connectivity index (χ1) is 13.8. The zero-order valence-corrected chi connectivity index (χ0v) is 18.0. The molecule has 10 nitrogen and oxygen atoms in total. The van der Waals surface area contributed by atoms with Crippen molar-refractivity contribution in [2.24, 2.45) is 0 Å². The summed E-state index contributed by atoms with van der Waals surface area (Å²) < 4.78 is 5.37. The largest absolute Gasteiger partial charge is 0.481 e. The molecule has 10 heteroatoms. The van der Waals surface area contributed by atoms with Crippen molar-refractivity contribution in [2.45, 2.75) is 54.1 Å². The van der Waals surface area contributed by atoms with Crippen LogP contribution in [0.15, 0.2) is 30.3 Å². The Bertz CT molecular complexity index is 533. The van der Waals surface area contributed by atoms with E-state index < -0.39 is 23.9 Å². The average molecular weight is 432 g/mol. The van der Waals surface area contributed by atoms with Gasteiger partial charge < -0.3 is 25.2 Å². The minimum Gasteiger partial charge on any atom is -0.481 e. The highest BCUT2D eigenvalue weighted by molar-refractivity contribution is 5.78. The highest BCUT2D eigenvalue weighted by Gasteiger charge is 1.97. The molecular formula is C20H32O10. The van der Waals surface area contributed by atoms with Crippen LogP contribution in [0.3, 0.4) is 0 Å². The Morgan fingerprint density at radius 3 is 1.37 bits per heavy atom. The van der Waals surface area contributed by atoms with Gasteiger partial charge in [-0.15, -0.1) is 0 Å². The normalized spacial score (nSPS) is 8.03. The number of carbonyl (C=O) groups is 5. The Morgan fingerprint density at radius 1 is 0.733 bits per heavy atom. The van der Waals surface area contributed by atoms with Gasteiger partial charge in [0.2, 0.25) is 0 Å². The fourth-order valence-electron chi connectivity index (χ4n) is 1.13. The molecule has 0 bridgehead atoms. The first-order valence-electron chi connectivity index (χ1n) is 8.67. The van der Waals surface area contributed by atoms with Crippen LogP contribution in [-0.4, -0.2) is 56.7 Å². The second-order valence-corrected chi connectivity index (χ2v) is 5.26. The summed E-state index contributed by atoms with van der Waals surface area (Å²) in [4.78, 5) is 46.9. The molecule has 0 saturated heterocycles. The predicted octanol–water partition coefficient (Wildman–Crippen LogP) is 2.94. The number of rotatable bonds is 6. The summed E-state index contributed by atoms with van der Waals surface area (Å²) in [6.07, 6.45) is 1.14. The van der Waals surface area contributed by atoms with Crippen molar-refractivity contribution in [1.29, 1.82) is 0 Å². The maximum atomic E-state index is 10.9. The number of carboxylic acids is 4. The van der Waals surface area contributed by atoms with Crippen molar-refractivity contribution < 1.29 is 49.1 Å². The van der Waals surface area contributed by atoms with Gasteiger partial charge in [0.25, 0.3) is 23.9 Å². The predicted molar refractivity (Wildman–Crippen MR) is 109 cm³/mol. The maximum Gasteiger partial charge on any atom is 0.300 e. The van der Waals surface area contributed by atoms with E-state index in [9.17, 15) is 4.79 Å². The van der Waals surface area contributed by atoms with E-state index in [0.29, 0.717) is 26.1 Å². The van der Waals surface area contributed by atoms with Crippen molar-refractivity contribution in [1.82, 2.24) is 0 Å². The molecule has 172 valence electrons. The summed E-state index contributed by atoms with van der Waals surface area (Å²) in [5.74, 6) is -3.07. The lowest BCUT2D eigenvalue weighted by Crippen LogP contribution is -2.02. The molecular weight excluding hydrogens is 400 g/mol. The molecule has 0 aromatic heterocycles. The number of ketones is 1. The molecule has 30 heavy (non-hydrogen) atoms. The Balaban J connectivity index is -0.000000174. The van der Waals surface area contributed by atoms with Gasteiger partial charge in [-0.2, -0.15) is 0 Å². The van der Waals surface area contributed by atoms with Crippen molar-refractivity contribution >= 4 is 29.7 Å². The quantitative estimate of drug-likeness (QED) is 0.489. The van der Waals surface area contributed by atoms with E-state index in [4.69, 9.17) is 44.3 Å². The average Bonchev–Trinajstić information content (AvgIpc) is 2.57. The number of Topliss-reactive ketones (excluding diaryl/α,β-unsaturated/α-hetero) is 1. The molecule has 0 spiro atoms. The van der Waals surface area contributed by atoms with Crippen LogP contribution in [-0.2, 0) is 35.3 Å². The molecule has 0 aliphatic heterocycles. The number of hydrogen-bond donors (Lipinski definition) is 4. The van der Waals surface area contributed by atoms with Gasteiger partial charge in [0, 0.05) is 40.5 Å². The first kappa shape index (κ1) is 34.3. The molecule has 0 radical (unpaired) electrons. The molecule has 0 amide bonds. The van der Waals surface area contributed by atoms with E-state index in [1.165, 1.54) is 0 Å². The SMILES string of the molecule is CC(=O)O.CC(=O)O.CC(=O)O.CC(=O)O.CCC(=O)CCOCc1ccccc1. The van der Waals surface area contributed by atoms with Crippen molar-refractivity contribution in [2.75, 3.05) is 6.61 Å². The van der Waals surface area contributed by atoms with Gasteiger partial charge in [0.1, 0.15) is 5.78 Å². The minimum atomic E-state index is -0.833. The zero-order valence-electron chi connectivity index (χ0n) is 18.0. The van der Waals surface area contributed by atoms with Gasteiger partial charge in [-0.1, -0.05) is 37.3 Å². The second kappa shape index (κ2) is 25.7. The van der Waals surface area contributed by atoms with Crippen LogP contribution in [0.4, 0.5) is 0 Å². The van der Waals surface area contributed by atoms with Gasteiger partial charge in [-0.25, -0.2) is 0 Å². The summed E-state index contributed by atoms with van der Waals surface area (Å²) >= 11 is 0. The number of benzene rings is 1. The molecule has 0 aliphatic rings. The van der Waals surface area contributed by atoms with Crippen molar-refractivity contribution in [3.05, 3.63) is 35.9 Å². The van der Waals surface area contributed by atoms with Gasteiger partial charge in [-0.3, -0.25) is 24.0 Å². The third kappa shape index (κ3) is 73.9. The summed E-state index contributed by atoms with van der Waals surface area (Å²) in [7, 11) is 0. The monoisotopic (exact) mass is 432 g/mol. The molecule has 0 fully saturated rings. The molecule has 0 atom stereocenters. The molecule has 0 heterocycles. The first-order valence-corrected chi connectivity index (χ1v) is 8.67. The van der Waals surface area contributed by atoms with Gasteiger partial charge >= 0.3 is 0 Å². The molecule has 1 aromatic rings. The van der Waals surface area contributed by atoms with E-state index in [0.717, 1.165) is 33.3 Å². The lowest BCUT2D eigenvalue weighted by Gasteiger charge is -2.02. The van der Waals surface area contributed by atoms with Crippen LogP contribution in [0.2, 0.25) is 0 Å². The third-order valence-electron chi connectivity index (χ3n) is 2.03. The van der Waals surface area contributed by atoms with E-state index in [1.54, 1.807) is 0 Å². The van der Waals surface area contributed by atoms with Crippen LogP contribution < -0.4 is 0 Å². The third-order valence-corrected chi connectivity index (χ3v) is 2.03. The minimum absolute atomic E-state index is 0.262. The summed E-state index contributed by atoms with van der Waals surface area (Å²) in [5.41, 5.74) is 1.15. The van der Waals surface area contributed by atoms with E-state index >= 15 is 0 Å². The Labute approximate surface area is 176 Å². The molecule has 0 saturated carbocycles. The number of carbonyl (C=O) groups excluding carboxylic acids is 1. The Hall–Kier alpha value is -3.27. The fraction of sp³-hybridized carbons (Fsp3) is 0.450. The van der Waals surface area contributed by atoms with Crippen LogP contribution in [0.1, 0.15) is 53.0 Å². The number of aliphatic carboxylic acids is 4. The Morgan fingerprint density at radius 2 is 1.07 bits per heavy atom. The zero-order chi connectivity index (χ0) is 24.5. The second-order valence-electron chi connectivity index (χ2n) is 5.26. The van der Waals surface area contributed by atoms with Crippen LogP contribution in [0.25, 0.3) is 0 Å². The van der Waals surface area contributed by atoms with Crippen molar-refractivity contribution in [3.8, 4) is 0 Å². The van der Waals surface area contributed by atoms with E-state index in [-0.39, 0.29) is 5.78 Å². The van der Waals surface area contributed by atoms with Crippen LogP contribution in [0.5, 0.6) is 0 Å². The number of carboxylic acid groups (broad SMARTS) is 4. The molecule has 0 unspecified atom stereocenters.